The maximum absolute atomic E-state index is 12.2. The molecule has 2 aromatic rings. The highest BCUT2D eigenvalue weighted by molar-refractivity contribution is 7.10. The van der Waals surface area contributed by atoms with Gasteiger partial charge in [-0.15, -0.1) is 36.2 Å². The van der Waals surface area contributed by atoms with Gasteiger partial charge < -0.3 is 15.8 Å². The summed E-state index contributed by atoms with van der Waals surface area (Å²) in [5.41, 5.74) is 8.34. The molecule has 1 aromatic heterocycles. The van der Waals surface area contributed by atoms with E-state index in [-0.39, 0.29) is 43.4 Å². The van der Waals surface area contributed by atoms with Crippen molar-refractivity contribution < 1.29 is 9.53 Å². The third-order valence-corrected chi connectivity index (χ3v) is 5.96. The van der Waals surface area contributed by atoms with Gasteiger partial charge in [-0.3, -0.25) is 9.69 Å². The molecule has 0 aliphatic carbocycles. The molecule has 3 rings (SSSR count). The first-order valence-corrected chi connectivity index (χ1v) is 9.91. The minimum Gasteiger partial charge on any atom is -0.383 e. The second kappa shape index (κ2) is 12.0. The minimum absolute atomic E-state index is 0. The smallest absolute Gasteiger partial charge is 0.239 e. The average Bonchev–Trinajstić information content (AvgIpc) is 3.11. The second-order valence-electron chi connectivity index (χ2n) is 6.46. The number of nitrogens with two attached hydrogens (primary N) is 1. The summed E-state index contributed by atoms with van der Waals surface area (Å²) in [6.07, 6.45) is 1.04. The van der Waals surface area contributed by atoms with Crippen LogP contribution in [-0.4, -0.2) is 43.7 Å². The quantitative estimate of drug-likeness (QED) is 0.656. The van der Waals surface area contributed by atoms with Crippen LogP contribution in [0.2, 0.25) is 5.02 Å². The minimum atomic E-state index is -0.657. The molecule has 2 heterocycles. The first-order chi connectivity index (χ1) is 12.6. The molecule has 0 saturated heterocycles. The molecule has 0 bridgehead atoms. The molecule has 2 atom stereocenters. The maximum Gasteiger partial charge on any atom is 0.239 e. The molecule has 0 radical (unpaired) electrons. The topological polar surface area (TPSA) is 67.6 Å². The van der Waals surface area contributed by atoms with Crippen molar-refractivity contribution in [1.82, 2.24) is 10.2 Å². The number of amides is 1. The lowest BCUT2D eigenvalue weighted by atomic mass is 10.0. The summed E-state index contributed by atoms with van der Waals surface area (Å²) in [4.78, 5) is 16.1. The third-order valence-electron chi connectivity index (χ3n) is 4.69. The lowest BCUT2D eigenvalue weighted by molar-refractivity contribution is -0.123. The molecule has 1 aromatic carbocycles. The van der Waals surface area contributed by atoms with Crippen molar-refractivity contribution in [1.29, 1.82) is 0 Å². The van der Waals surface area contributed by atoms with Gasteiger partial charge in [-0.2, -0.15) is 0 Å². The molecule has 1 aliphatic rings. The number of ether oxygens (including phenoxy) is 1. The van der Waals surface area contributed by atoms with Gasteiger partial charge in [0.2, 0.25) is 5.91 Å². The Labute approximate surface area is 187 Å². The first-order valence-electron chi connectivity index (χ1n) is 8.65. The Balaban J connectivity index is 0.00000196. The maximum atomic E-state index is 12.2. The first kappa shape index (κ1) is 25.2. The fraction of sp³-hybridized carbons (Fsp3) is 0.421. The molecule has 0 fully saturated rings. The van der Waals surface area contributed by atoms with E-state index >= 15 is 0 Å². The summed E-state index contributed by atoms with van der Waals surface area (Å²) in [5.74, 6) is -0.195. The Morgan fingerprint density at radius 3 is 2.71 bits per heavy atom. The summed E-state index contributed by atoms with van der Waals surface area (Å²) in [6, 6.07) is 9.44. The molecule has 28 heavy (non-hydrogen) atoms. The number of nitrogens with one attached hydrogen (secondary N) is 1. The van der Waals surface area contributed by atoms with E-state index in [1.807, 2.05) is 35.6 Å². The van der Waals surface area contributed by atoms with Gasteiger partial charge in [-0.25, -0.2) is 0 Å². The van der Waals surface area contributed by atoms with Crippen LogP contribution in [-0.2, 0) is 22.5 Å². The number of rotatable bonds is 7. The van der Waals surface area contributed by atoms with Crippen LogP contribution in [0.1, 0.15) is 22.0 Å². The van der Waals surface area contributed by atoms with Gasteiger partial charge in [0.15, 0.2) is 0 Å². The summed E-state index contributed by atoms with van der Waals surface area (Å²) < 4.78 is 4.97. The molecule has 9 heteroatoms. The Kier molecular flexibility index (Phi) is 10.8. The average molecular weight is 467 g/mol. The third kappa shape index (κ3) is 6.32. The van der Waals surface area contributed by atoms with Crippen LogP contribution in [0.5, 0.6) is 0 Å². The van der Waals surface area contributed by atoms with E-state index in [0.29, 0.717) is 11.6 Å². The fourth-order valence-electron chi connectivity index (χ4n) is 3.26. The van der Waals surface area contributed by atoms with E-state index in [4.69, 9.17) is 22.1 Å². The van der Waals surface area contributed by atoms with Crippen LogP contribution in [0.25, 0.3) is 0 Å². The molecule has 156 valence electrons. The number of hydrogen-bond acceptors (Lipinski definition) is 5. The number of nitrogens with zero attached hydrogens (tertiary/aromatic N) is 1. The van der Waals surface area contributed by atoms with Gasteiger partial charge in [-0.05, 0) is 41.1 Å². The number of fused-ring (bicyclic) bond motifs is 1. The van der Waals surface area contributed by atoms with Crippen molar-refractivity contribution in [3.05, 3.63) is 56.7 Å². The van der Waals surface area contributed by atoms with Gasteiger partial charge in [-0.1, -0.05) is 23.7 Å². The zero-order valence-electron chi connectivity index (χ0n) is 15.6. The lowest BCUT2D eigenvalue weighted by Gasteiger charge is -2.35. The predicted molar refractivity (Wildman–Crippen MR) is 120 cm³/mol. The Morgan fingerprint density at radius 2 is 2.04 bits per heavy atom. The zero-order valence-corrected chi connectivity index (χ0v) is 18.8. The number of hydrogen-bond donors (Lipinski definition) is 2. The monoisotopic (exact) mass is 465 g/mol. The van der Waals surface area contributed by atoms with E-state index in [1.54, 1.807) is 0 Å². The number of carbonyl (C=O) groups is 1. The largest absolute Gasteiger partial charge is 0.383 e. The van der Waals surface area contributed by atoms with Gasteiger partial charge in [0.05, 0.1) is 12.6 Å². The Morgan fingerprint density at radius 1 is 1.32 bits per heavy atom. The molecular weight excluding hydrogens is 441 g/mol. The Bertz CT molecular complexity index is 742. The molecule has 5 nitrogen and oxygen atoms in total. The van der Waals surface area contributed by atoms with Crippen molar-refractivity contribution >= 4 is 53.7 Å². The summed E-state index contributed by atoms with van der Waals surface area (Å²) in [5, 5.41) is 5.84. The number of halogens is 3. The molecule has 1 aliphatic heterocycles. The number of thiophene rings is 1. The molecule has 2 unspecified atom stereocenters. The summed E-state index contributed by atoms with van der Waals surface area (Å²) in [7, 11) is 1.54. The van der Waals surface area contributed by atoms with E-state index in [1.165, 1.54) is 17.6 Å². The van der Waals surface area contributed by atoms with Crippen molar-refractivity contribution in [2.24, 2.45) is 5.73 Å². The molecule has 1 amide bonds. The van der Waals surface area contributed by atoms with Gasteiger partial charge in [0, 0.05) is 36.6 Å². The van der Waals surface area contributed by atoms with Crippen molar-refractivity contribution in [2.75, 3.05) is 26.8 Å². The van der Waals surface area contributed by atoms with E-state index in [2.05, 4.69) is 21.7 Å². The fourth-order valence-corrected chi connectivity index (χ4v) is 4.28. The summed E-state index contributed by atoms with van der Waals surface area (Å²) in [6.45, 7) is 2.55. The predicted octanol–water partition coefficient (Wildman–Crippen LogP) is 3.43. The molecular formula is C19H26Cl3N3O2S. The van der Waals surface area contributed by atoms with Gasteiger partial charge >= 0.3 is 0 Å². The van der Waals surface area contributed by atoms with Crippen LogP contribution < -0.4 is 11.1 Å². The highest BCUT2D eigenvalue weighted by Gasteiger charge is 2.26. The SMILES string of the molecule is COCC(N)C(=O)NCC(c1ccc(Cl)cc1)N1CCc2sccc2C1.Cl.Cl. The van der Waals surface area contributed by atoms with Crippen molar-refractivity contribution in [3.63, 3.8) is 0 Å². The highest BCUT2D eigenvalue weighted by atomic mass is 35.5. The lowest BCUT2D eigenvalue weighted by Crippen LogP contribution is -2.47. The second-order valence-corrected chi connectivity index (χ2v) is 7.90. The van der Waals surface area contributed by atoms with Gasteiger partial charge in [0.1, 0.15) is 6.04 Å². The van der Waals surface area contributed by atoms with Crippen molar-refractivity contribution in [2.45, 2.75) is 25.0 Å². The van der Waals surface area contributed by atoms with Crippen LogP contribution >= 0.6 is 47.8 Å². The van der Waals surface area contributed by atoms with Crippen LogP contribution in [0.3, 0.4) is 0 Å². The number of carbonyl (C=O) groups excluding carboxylic acids is 1. The van der Waals surface area contributed by atoms with Gasteiger partial charge in [0.25, 0.3) is 0 Å². The van der Waals surface area contributed by atoms with Crippen LogP contribution in [0.15, 0.2) is 35.7 Å². The van der Waals surface area contributed by atoms with E-state index in [0.717, 1.165) is 25.1 Å². The van der Waals surface area contributed by atoms with E-state index < -0.39 is 6.04 Å². The Hall–Kier alpha value is -0.860. The summed E-state index contributed by atoms with van der Waals surface area (Å²) >= 11 is 7.87. The number of methoxy groups -OCH3 is 1. The molecule has 3 N–H and O–H groups in total. The molecule has 0 spiro atoms. The number of benzene rings is 1. The highest BCUT2D eigenvalue weighted by Crippen LogP contribution is 2.30. The zero-order chi connectivity index (χ0) is 18.5. The normalized spacial score (nSPS) is 15.5. The standard InChI is InChI=1S/C19H24ClN3O2S.2ClH/c1-25-12-16(21)19(24)22-10-17(13-2-4-15(20)5-3-13)23-8-6-18-14(11-23)7-9-26-18;;/h2-5,7,9,16-17H,6,8,10-12,21H2,1H3,(H,22,24);2*1H. The van der Waals surface area contributed by atoms with Crippen LogP contribution in [0.4, 0.5) is 0 Å². The van der Waals surface area contributed by atoms with Crippen molar-refractivity contribution in [3.8, 4) is 0 Å². The van der Waals surface area contributed by atoms with Crippen LogP contribution in [0, 0.1) is 0 Å². The van der Waals surface area contributed by atoms with E-state index in [9.17, 15) is 4.79 Å². The molecule has 0 saturated carbocycles.